The number of rotatable bonds is 8. The van der Waals surface area contributed by atoms with Crippen molar-refractivity contribution in [3.05, 3.63) is 66.7 Å². The minimum absolute atomic E-state index is 0.0296. The number of carbonyl (C=O) groups is 1. The molecule has 1 amide bonds. The van der Waals surface area contributed by atoms with Crippen molar-refractivity contribution in [1.29, 1.82) is 0 Å². The van der Waals surface area contributed by atoms with Crippen molar-refractivity contribution in [2.75, 3.05) is 51.2 Å². The van der Waals surface area contributed by atoms with Crippen LogP contribution in [0.1, 0.15) is 5.56 Å². The first-order valence-electron chi connectivity index (χ1n) is 10.9. The second kappa shape index (κ2) is 10.7. The number of anilines is 1. The predicted octanol–water partition coefficient (Wildman–Crippen LogP) is 2.92. The Morgan fingerprint density at radius 1 is 1.03 bits per heavy atom. The maximum atomic E-state index is 13.2. The smallest absolute Gasteiger partial charge is 0.416 e. The number of piperazine rings is 1. The van der Waals surface area contributed by atoms with E-state index in [1.165, 1.54) is 23.4 Å². The van der Waals surface area contributed by atoms with E-state index in [0.29, 0.717) is 25.4 Å². The maximum Gasteiger partial charge on any atom is 0.416 e. The lowest BCUT2D eigenvalue weighted by Crippen LogP contribution is -2.49. The van der Waals surface area contributed by atoms with Gasteiger partial charge in [0.25, 0.3) is 0 Å². The summed E-state index contributed by atoms with van der Waals surface area (Å²) < 4.78 is 46.7. The monoisotopic (exact) mass is 474 g/mol. The van der Waals surface area contributed by atoms with Crippen molar-refractivity contribution in [2.24, 2.45) is 0 Å². The van der Waals surface area contributed by atoms with Gasteiger partial charge < -0.3 is 10.1 Å². The normalized spacial score (nSPS) is 15.3. The van der Waals surface area contributed by atoms with Crippen LogP contribution in [0.25, 0.3) is 5.69 Å². The number of hydrogen-bond donors (Lipinski definition) is 1. The molecular weight excluding hydrogens is 449 g/mol. The molecular formula is C23H25F3N6O2. The van der Waals surface area contributed by atoms with E-state index in [-0.39, 0.29) is 18.1 Å². The highest BCUT2D eigenvalue weighted by atomic mass is 19.4. The first kappa shape index (κ1) is 23.7. The van der Waals surface area contributed by atoms with E-state index in [1.54, 1.807) is 0 Å². The van der Waals surface area contributed by atoms with Crippen molar-refractivity contribution in [2.45, 2.75) is 6.18 Å². The minimum Gasteiger partial charge on any atom is -0.492 e. The van der Waals surface area contributed by atoms with E-state index in [4.69, 9.17) is 4.74 Å². The Labute approximate surface area is 194 Å². The zero-order chi connectivity index (χ0) is 24.0. The summed E-state index contributed by atoms with van der Waals surface area (Å²) in [7, 11) is 0. The van der Waals surface area contributed by atoms with Gasteiger partial charge >= 0.3 is 6.18 Å². The van der Waals surface area contributed by atoms with Gasteiger partial charge in [-0.3, -0.25) is 14.6 Å². The molecule has 2 aromatic carbocycles. The number of hydrogen-bond acceptors (Lipinski definition) is 6. The molecule has 1 aromatic heterocycles. The van der Waals surface area contributed by atoms with Gasteiger partial charge in [-0.05, 0) is 30.3 Å². The first-order valence-corrected chi connectivity index (χ1v) is 10.9. The van der Waals surface area contributed by atoms with Gasteiger partial charge in [-0.2, -0.15) is 18.3 Å². The molecule has 4 rings (SSSR count). The molecule has 0 bridgehead atoms. The second-order valence-corrected chi connectivity index (χ2v) is 7.90. The third-order valence-corrected chi connectivity index (χ3v) is 5.52. The van der Waals surface area contributed by atoms with Gasteiger partial charge in [0.2, 0.25) is 5.91 Å². The van der Waals surface area contributed by atoms with E-state index in [1.807, 2.05) is 35.2 Å². The average Bonchev–Trinajstić information content (AvgIpc) is 3.35. The van der Waals surface area contributed by atoms with Crippen molar-refractivity contribution in [1.82, 2.24) is 24.6 Å². The van der Waals surface area contributed by atoms with Crippen LogP contribution in [0.5, 0.6) is 5.75 Å². The predicted molar refractivity (Wildman–Crippen MR) is 120 cm³/mol. The number of alkyl halides is 3. The van der Waals surface area contributed by atoms with Gasteiger partial charge in [0.15, 0.2) is 0 Å². The summed E-state index contributed by atoms with van der Waals surface area (Å²) >= 11 is 0. The highest BCUT2D eigenvalue weighted by molar-refractivity contribution is 5.94. The molecule has 0 unspecified atom stereocenters. The van der Waals surface area contributed by atoms with Crippen molar-refractivity contribution in [3.63, 3.8) is 0 Å². The Morgan fingerprint density at radius 2 is 1.76 bits per heavy atom. The largest absolute Gasteiger partial charge is 0.492 e. The summed E-state index contributed by atoms with van der Waals surface area (Å²) in [5.74, 6) is 0.444. The van der Waals surface area contributed by atoms with Crippen molar-refractivity contribution >= 4 is 11.6 Å². The van der Waals surface area contributed by atoms with Crippen LogP contribution in [0.3, 0.4) is 0 Å². The highest BCUT2D eigenvalue weighted by Crippen LogP contribution is 2.33. The number of amides is 1. The number of nitrogens with zero attached hydrogens (tertiary/aromatic N) is 5. The molecule has 0 saturated carbocycles. The van der Waals surface area contributed by atoms with Crippen LogP contribution in [0.4, 0.5) is 18.9 Å². The van der Waals surface area contributed by atoms with Crippen LogP contribution >= 0.6 is 0 Å². The summed E-state index contributed by atoms with van der Waals surface area (Å²) in [6.45, 7) is 4.35. The lowest BCUT2D eigenvalue weighted by Gasteiger charge is -2.34. The van der Waals surface area contributed by atoms with Gasteiger partial charge in [0, 0.05) is 32.7 Å². The van der Waals surface area contributed by atoms with Crippen molar-refractivity contribution in [3.8, 4) is 11.4 Å². The Balaban J connectivity index is 1.29. The molecule has 1 aliphatic heterocycles. The fourth-order valence-corrected chi connectivity index (χ4v) is 3.72. The fraction of sp³-hybridized carbons (Fsp3) is 0.348. The summed E-state index contributed by atoms with van der Waals surface area (Å²) in [4.78, 5) is 20.7. The van der Waals surface area contributed by atoms with E-state index in [2.05, 4.69) is 20.3 Å². The molecule has 1 N–H and O–H groups in total. The molecule has 0 aliphatic carbocycles. The van der Waals surface area contributed by atoms with Crippen LogP contribution < -0.4 is 10.1 Å². The number of nitrogens with one attached hydrogen (secondary N) is 1. The summed E-state index contributed by atoms with van der Waals surface area (Å²) in [5, 5.41) is 6.58. The zero-order valence-electron chi connectivity index (χ0n) is 18.4. The van der Waals surface area contributed by atoms with E-state index in [0.717, 1.165) is 37.5 Å². The molecule has 1 fully saturated rings. The Hall–Kier alpha value is -3.44. The third-order valence-electron chi connectivity index (χ3n) is 5.52. The molecule has 34 heavy (non-hydrogen) atoms. The molecule has 11 heteroatoms. The average molecular weight is 474 g/mol. The van der Waals surface area contributed by atoms with Crippen molar-refractivity contribution < 1.29 is 22.7 Å². The van der Waals surface area contributed by atoms with Gasteiger partial charge in [-0.1, -0.05) is 18.2 Å². The quantitative estimate of drug-likeness (QED) is 0.541. The van der Waals surface area contributed by atoms with Gasteiger partial charge in [-0.25, -0.2) is 9.67 Å². The maximum absolute atomic E-state index is 13.2. The summed E-state index contributed by atoms with van der Waals surface area (Å²) in [6.07, 6.45) is -1.90. The SMILES string of the molecule is O=C(CN1CCN(CCOc2ccccc2)CC1)Nc1cc(C(F)(F)F)ccc1-n1cncn1. The van der Waals surface area contributed by atoms with Crippen LogP contribution in [0.15, 0.2) is 61.2 Å². The molecule has 0 spiro atoms. The number of halogens is 3. The van der Waals surface area contributed by atoms with E-state index < -0.39 is 11.7 Å². The van der Waals surface area contributed by atoms with Crippen LogP contribution in [-0.2, 0) is 11.0 Å². The fourth-order valence-electron chi connectivity index (χ4n) is 3.72. The second-order valence-electron chi connectivity index (χ2n) is 7.90. The lowest BCUT2D eigenvalue weighted by molar-refractivity contribution is -0.137. The van der Waals surface area contributed by atoms with E-state index in [9.17, 15) is 18.0 Å². The molecule has 1 aliphatic rings. The van der Waals surface area contributed by atoms with Crippen LogP contribution in [-0.4, -0.2) is 76.3 Å². The van der Waals surface area contributed by atoms with E-state index >= 15 is 0 Å². The Morgan fingerprint density at radius 3 is 2.44 bits per heavy atom. The Kier molecular flexibility index (Phi) is 7.43. The van der Waals surface area contributed by atoms with Gasteiger partial charge in [-0.15, -0.1) is 0 Å². The number of benzene rings is 2. The standard InChI is InChI=1S/C23H25F3N6O2/c24-23(25,26)18-6-7-21(32-17-27-16-28-32)20(14-18)29-22(33)15-31-10-8-30(9-11-31)12-13-34-19-4-2-1-3-5-19/h1-7,14,16-17H,8-13,15H2,(H,29,33). The number of para-hydroxylation sites is 1. The van der Waals surface area contributed by atoms with Gasteiger partial charge in [0.05, 0.1) is 23.5 Å². The summed E-state index contributed by atoms with van der Waals surface area (Å²) in [5.41, 5.74) is -0.512. The summed E-state index contributed by atoms with van der Waals surface area (Å²) in [6, 6.07) is 12.7. The lowest BCUT2D eigenvalue weighted by atomic mass is 10.1. The number of ether oxygens (including phenoxy) is 1. The highest BCUT2D eigenvalue weighted by Gasteiger charge is 2.31. The first-order chi connectivity index (χ1) is 16.4. The molecule has 1 saturated heterocycles. The zero-order valence-corrected chi connectivity index (χ0v) is 18.4. The molecule has 180 valence electrons. The van der Waals surface area contributed by atoms with Gasteiger partial charge in [0.1, 0.15) is 25.0 Å². The third kappa shape index (κ3) is 6.33. The Bertz CT molecular complexity index is 1070. The molecule has 2 heterocycles. The molecule has 0 radical (unpaired) electrons. The number of aromatic nitrogens is 3. The topological polar surface area (TPSA) is 75.5 Å². The molecule has 0 atom stereocenters. The molecule has 8 nitrogen and oxygen atoms in total. The van der Waals surface area contributed by atoms with Crippen LogP contribution in [0, 0.1) is 0 Å². The van der Waals surface area contributed by atoms with Crippen LogP contribution in [0.2, 0.25) is 0 Å². The molecule has 3 aromatic rings. The number of carbonyl (C=O) groups excluding carboxylic acids is 1. The minimum atomic E-state index is -4.53.